The molecule has 2 heterocycles. The number of benzene rings is 1. The van der Waals surface area contributed by atoms with Crippen molar-refractivity contribution in [3.05, 3.63) is 23.8 Å². The normalized spacial score (nSPS) is 22.0. The first-order chi connectivity index (χ1) is 10.5. The van der Waals surface area contributed by atoms with Gasteiger partial charge in [0.1, 0.15) is 11.8 Å². The van der Waals surface area contributed by atoms with Crippen molar-refractivity contribution in [2.75, 3.05) is 20.3 Å². The van der Waals surface area contributed by atoms with Crippen LogP contribution in [0.3, 0.4) is 0 Å². The van der Waals surface area contributed by atoms with E-state index in [1.165, 1.54) is 11.4 Å². The highest BCUT2D eigenvalue weighted by atomic mass is 32.2. The number of hydrogen-bond donors (Lipinski definition) is 0. The summed E-state index contributed by atoms with van der Waals surface area (Å²) in [6, 6.07) is 4.16. The van der Waals surface area contributed by atoms with Crippen LogP contribution in [-0.4, -0.2) is 45.0 Å². The van der Waals surface area contributed by atoms with Crippen molar-refractivity contribution >= 4 is 16.0 Å². The first-order valence-corrected chi connectivity index (χ1v) is 8.83. The lowest BCUT2D eigenvalue weighted by Gasteiger charge is -2.32. The van der Waals surface area contributed by atoms with E-state index in [-0.39, 0.29) is 4.90 Å². The molecule has 1 atom stereocenters. The predicted octanol–water partition coefficient (Wildman–Crippen LogP) is 1.34. The molecule has 7 heteroatoms. The number of piperidine rings is 1. The van der Waals surface area contributed by atoms with Gasteiger partial charge in [0.25, 0.3) is 0 Å². The second-order valence-corrected chi connectivity index (χ2v) is 7.41. The van der Waals surface area contributed by atoms with Crippen molar-refractivity contribution in [3.8, 4) is 5.75 Å². The van der Waals surface area contributed by atoms with Crippen LogP contribution < -0.4 is 4.74 Å². The van der Waals surface area contributed by atoms with Crippen LogP contribution in [0.1, 0.15) is 24.8 Å². The first-order valence-electron chi connectivity index (χ1n) is 7.39. The van der Waals surface area contributed by atoms with E-state index >= 15 is 0 Å². The minimum absolute atomic E-state index is 0.215. The number of nitrogens with zero attached hydrogens (tertiary/aromatic N) is 1. The Labute approximate surface area is 130 Å². The lowest BCUT2D eigenvalue weighted by Crippen LogP contribution is -2.48. The molecule has 0 N–H and O–H groups in total. The van der Waals surface area contributed by atoms with E-state index in [1.54, 1.807) is 18.2 Å². The molecular formula is C15H19NO5S. The molecule has 120 valence electrons. The minimum atomic E-state index is -3.71. The van der Waals surface area contributed by atoms with Gasteiger partial charge in [0.2, 0.25) is 10.0 Å². The van der Waals surface area contributed by atoms with Crippen molar-refractivity contribution in [1.82, 2.24) is 4.31 Å². The largest absolute Gasteiger partial charge is 0.493 e. The Bertz CT molecular complexity index is 685. The SMILES string of the molecule is COC(=O)[C@H]1CCCCN1S(=O)(=O)c1ccc2c(c1)CCO2. The number of fused-ring (bicyclic) bond motifs is 1. The van der Waals surface area contributed by atoms with Crippen molar-refractivity contribution in [2.24, 2.45) is 0 Å². The molecule has 0 bridgehead atoms. The number of carbonyl (C=O) groups excluding carboxylic acids is 1. The average Bonchev–Trinajstić information content (AvgIpc) is 3.01. The van der Waals surface area contributed by atoms with Crippen LogP contribution in [0.25, 0.3) is 0 Å². The molecule has 1 fully saturated rings. The van der Waals surface area contributed by atoms with Gasteiger partial charge >= 0.3 is 5.97 Å². The van der Waals surface area contributed by atoms with Gasteiger partial charge in [-0.1, -0.05) is 0 Å². The summed E-state index contributed by atoms with van der Waals surface area (Å²) in [6.07, 6.45) is 2.78. The maximum Gasteiger partial charge on any atom is 0.324 e. The quantitative estimate of drug-likeness (QED) is 0.784. The molecular weight excluding hydrogens is 306 g/mol. The van der Waals surface area contributed by atoms with E-state index in [0.29, 0.717) is 26.0 Å². The van der Waals surface area contributed by atoms with Gasteiger partial charge in [0.15, 0.2) is 0 Å². The number of esters is 1. The summed E-state index contributed by atoms with van der Waals surface area (Å²) in [5.74, 6) is 0.245. The zero-order chi connectivity index (χ0) is 15.7. The zero-order valence-electron chi connectivity index (χ0n) is 12.4. The van der Waals surface area contributed by atoms with Crippen molar-refractivity contribution in [1.29, 1.82) is 0 Å². The van der Waals surface area contributed by atoms with Gasteiger partial charge in [-0.3, -0.25) is 4.79 Å². The van der Waals surface area contributed by atoms with Crippen LogP contribution in [0.4, 0.5) is 0 Å². The summed E-state index contributed by atoms with van der Waals surface area (Å²) in [5, 5.41) is 0. The fraction of sp³-hybridized carbons (Fsp3) is 0.533. The van der Waals surface area contributed by atoms with Crippen LogP contribution in [0.5, 0.6) is 5.75 Å². The predicted molar refractivity (Wildman–Crippen MR) is 79.2 cm³/mol. The molecule has 2 aliphatic heterocycles. The second kappa shape index (κ2) is 5.89. The van der Waals surface area contributed by atoms with E-state index in [4.69, 9.17) is 9.47 Å². The van der Waals surface area contributed by atoms with E-state index in [2.05, 4.69) is 0 Å². The van der Waals surface area contributed by atoms with E-state index in [0.717, 1.165) is 24.2 Å². The number of methoxy groups -OCH3 is 1. The first kappa shape index (κ1) is 15.3. The van der Waals surface area contributed by atoms with Crippen molar-refractivity contribution in [3.63, 3.8) is 0 Å². The Balaban J connectivity index is 1.95. The molecule has 22 heavy (non-hydrogen) atoms. The number of hydrogen-bond acceptors (Lipinski definition) is 5. The molecule has 1 aromatic rings. The average molecular weight is 325 g/mol. The molecule has 0 radical (unpaired) electrons. The molecule has 0 saturated carbocycles. The maximum absolute atomic E-state index is 12.9. The van der Waals surface area contributed by atoms with E-state index < -0.39 is 22.0 Å². The summed E-state index contributed by atoms with van der Waals surface area (Å²) in [6.45, 7) is 0.920. The fourth-order valence-corrected chi connectivity index (χ4v) is 4.72. The minimum Gasteiger partial charge on any atom is -0.493 e. The topological polar surface area (TPSA) is 72.9 Å². The van der Waals surface area contributed by atoms with Crippen LogP contribution in [0.2, 0.25) is 0 Å². The van der Waals surface area contributed by atoms with Gasteiger partial charge in [0.05, 0.1) is 18.6 Å². The fourth-order valence-electron chi connectivity index (χ4n) is 3.02. The van der Waals surface area contributed by atoms with Gasteiger partial charge in [-0.25, -0.2) is 8.42 Å². The lowest BCUT2D eigenvalue weighted by atomic mass is 10.1. The Morgan fingerprint density at radius 1 is 1.36 bits per heavy atom. The molecule has 2 aliphatic rings. The molecule has 0 spiro atoms. The Morgan fingerprint density at radius 3 is 2.95 bits per heavy atom. The standard InChI is InChI=1S/C15H19NO5S/c1-20-15(17)13-4-2-3-8-16(13)22(18,19)12-5-6-14-11(10-12)7-9-21-14/h5-6,10,13H,2-4,7-9H2,1H3/t13-/m1/s1. The third-order valence-corrected chi connectivity index (χ3v) is 6.10. The third kappa shape index (κ3) is 2.59. The molecule has 1 aromatic carbocycles. The molecule has 6 nitrogen and oxygen atoms in total. The Morgan fingerprint density at radius 2 is 2.18 bits per heavy atom. The molecule has 0 amide bonds. The highest BCUT2D eigenvalue weighted by Gasteiger charge is 2.38. The molecule has 3 rings (SSSR count). The second-order valence-electron chi connectivity index (χ2n) is 5.52. The lowest BCUT2D eigenvalue weighted by molar-refractivity contribution is -0.146. The van der Waals surface area contributed by atoms with Gasteiger partial charge in [-0.05, 0) is 43.0 Å². The monoisotopic (exact) mass is 325 g/mol. The summed E-state index contributed by atoms with van der Waals surface area (Å²) in [5.41, 5.74) is 0.896. The van der Waals surface area contributed by atoms with E-state index in [1.807, 2.05) is 0 Å². The van der Waals surface area contributed by atoms with Gasteiger partial charge in [-0.15, -0.1) is 0 Å². The summed E-state index contributed by atoms with van der Waals surface area (Å²) in [7, 11) is -2.42. The summed E-state index contributed by atoms with van der Waals surface area (Å²) in [4.78, 5) is 12.1. The molecule has 1 saturated heterocycles. The number of carbonyl (C=O) groups is 1. The third-order valence-electron chi connectivity index (χ3n) is 4.19. The number of ether oxygens (including phenoxy) is 2. The van der Waals surface area contributed by atoms with Crippen LogP contribution >= 0.6 is 0 Å². The van der Waals surface area contributed by atoms with Crippen LogP contribution in [-0.2, 0) is 26.0 Å². The van der Waals surface area contributed by atoms with Crippen LogP contribution in [0, 0.1) is 0 Å². The molecule has 0 aliphatic carbocycles. The summed E-state index contributed by atoms with van der Waals surface area (Å²) < 4.78 is 37.2. The summed E-state index contributed by atoms with van der Waals surface area (Å²) >= 11 is 0. The maximum atomic E-state index is 12.9. The number of rotatable bonds is 3. The van der Waals surface area contributed by atoms with Gasteiger partial charge < -0.3 is 9.47 Å². The number of sulfonamides is 1. The molecule has 0 unspecified atom stereocenters. The van der Waals surface area contributed by atoms with Gasteiger partial charge in [0, 0.05) is 13.0 Å². The zero-order valence-corrected chi connectivity index (χ0v) is 13.3. The van der Waals surface area contributed by atoms with E-state index in [9.17, 15) is 13.2 Å². The highest BCUT2D eigenvalue weighted by Crippen LogP contribution is 2.31. The highest BCUT2D eigenvalue weighted by molar-refractivity contribution is 7.89. The van der Waals surface area contributed by atoms with Crippen molar-refractivity contribution in [2.45, 2.75) is 36.6 Å². The Hall–Kier alpha value is -1.60. The van der Waals surface area contributed by atoms with Crippen molar-refractivity contribution < 1.29 is 22.7 Å². The van der Waals surface area contributed by atoms with Crippen LogP contribution in [0.15, 0.2) is 23.1 Å². The Kier molecular flexibility index (Phi) is 4.10. The smallest absolute Gasteiger partial charge is 0.324 e. The molecule has 0 aromatic heterocycles. The van der Waals surface area contributed by atoms with Gasteiger partial charge in [-0.2, -0.15) is 4.31 Å².